The summed E-state index contributed by atoms with van der Waals surface area (Å²) >= 11 is 0. The first kappa shape index (κ1) is 17.7. The summed E-state index contributed by atoms with van der Waals surface area (Å²) in [5.41, 5.74) is 0.189. The molecule has 0 bridgehead atoms. The highest BCUT2D eigenvalue weighted by molar-refractivity contribution is 5.01. The lowest BCUT2D eigenvalue weighted by molar-refractivity contribution is 0.268. The minimum absolute atomic E-state index is 0.256. The van der Waals surface area contributed by atoms with Gasteiger partial charge < -0.3 is 10.2 Å². The zero-order valence-corrected chi connectivity index (χ0v) is 13.8. The third-order valence-corrected chi connectivity index (χ3v) is 3.93. The van der Waals surface area contributed by atoms with Crippen molar-refractivity contribution < 1.29 is 0 Å². The highest BCUT2D eigenvalue weighted by Crippen LogP contribution is 1.97. The van der Waals surface area contributed by atoms with Crippen LogP contribution in [-0.2, 0) is 20.6 Å². The van der Waals surface area contributed by atoms with E-state index in [1.165, 1.54) is 17.7 Å². The number of rotatable bonds is 8. The van der Waals surface area contributed by atoms with Gasteiger partial charge in [-0.25, -0.2) is 4.79 Å². The van der Waals surface area contributed by atoms with Crippen LogP contribution in [0.1, 0.15) is 32.4 Å². The molecular formula is C15H28N4O2. The van der Waals surface area contributed by atoms with E-state index in [2.05, 4.69) is 31.1 Å². The second-order valence-electron chi connectivity index (χ2n) is 5.83. The summed E-state index contributed by atoms with van der Waals surface area (Å²) in [5, 5.41) is 3.29. The molecule has 1 aromatic heterocycles. The van der Waals surface area contributed by atoms with Crippen LogP contribution in [0.25, 0.3) is 0 Å². The van der Waals surface area contributed by atoms with Crippen LogP contribution in [0.15, 0.2) is 15.7 Å². The van der Waals surface area contributed by atoms with Crippen molar-refractivity contribution in [2.24, 2.45) is 14.1 Å². The molecule has 1 heterocycles. The maximum atomic E-state index is 11.8. The van der Waals surface area contributed by atoms with E-state index < -0.39 is 0 Å². The second kappa shape index (κ2) is 8.14. The predicted octanol–water partition coefficient (Wildman–Crippen LogP) is 0.294. The van der Waals surface area contributed by atoms with Gasteiger partial charge in [-0.2, -0.15) is 0 Å². The summed E-state index contributed by atoms with van der Waals surface area (Å²) in [7, 11) is 5.32. The Labute approximate surface area is 126 Å². The largest absolute Gasteiger partial charge is 0.330 e. The Kier molecular flexibility index (Phi) is 6.84. The van der Waals surface area contributed by atoms with E-state index >= 15 is 0 Å². The summed E-state index contributed by atoms with van der Waals surface area (Å²) < 4.78 is 2.63. The lowest BCUT2D eigenvalue weighted by atomic mass is 10.2. The van der Waals surface area contributed by atoms with E-state index in [4.69, 9.17) is 0 Å². The number of nitrogens with one attached hydrogen (secondary N) is 1. The highest BCUT2D eigenvalue weighted by atomic mass is 16.2. The molecule has 0 aliphatic rings. The average Bonchev–Trinajstić information content (AvgIpc) is 2.45. The fraction of sp³-hybridized carbons (Fsp3) is 0.733. The molecular weight excluding hydrogens is 268 g/mol. The summed E-state index contributed by atoms with van der Waals surface area (Å²) in [6.45, 7) is 6.89. The maximum Gasteiger partial charge on any atom is 0.330 e. The lowest BCUT2D eigenvalue weighted by Gasteiger charge is -2.20. The Morgan fingerprint density at radius 3 is 2.48 bits per heavy atom. The molecule has 1 aromatic rings. The van der Waals surface area contributed by atoms with Crippen LogP contribution in [0, 0.1) is 0 Å². The third-order valence-electron chi connectivity index (χ3n) is 3.93. The van der Waals surface area contributed by atoms with Crippen LogP contribution in [0.2, 0.25) is 0 Å². The molecule has 21 heavy (non-hydrogen) atoms. The second-order valence-corrected chi connectivity index (χ2v) is 5.83. The monoisotopic (exact) mass is 296 g/mol. The van der Waals surface area contributed by atoms with Gasteiger partial charge >= 0.3 is 5.69 Å². The molecule has 0 aromatic carbocycles. The van der Waals surface area contributed by atoms with E-state index in [-0.39, 0.29) is 11.2 Å². The van der Waals surface area contributed by atoms with Crippen LogP contribution in [0.3, 0.4) is 0 Å². The van der Waals surface area contributed by atoms with Gasteiger partial charge in [0.1, 0.15) is 0 Å². The zero-order valence-electron chi connectivity index (χ0n) is 13.8. The fourth-order valence-electron chi connectivity index (χ4n) is 2.03. The first-order valence-corrected chi connectivity index (χ1v) is 7.51. The molecule has 0 atom stereocenters. The van der Waals surface area contributed by atoms with Crippen molar-refractivity contribution in [3.63, 3.8) is 0 Å². The van der Waals surface area contributed by atoms with Crippen molar-refractivity contribution in [1.82, 2.24) is 19.4 Å². The molecule has 6 heteroatoms. The minimum atomic E-state index is -0.280. The van der Waals surface area contributed by atoms with Crippen LogP contribution in [0.5, 0.6) is 0 Å². The van der Waals surface area contributed by atoms with Crippen LogP contribution >= 0.6 is 0 Å². The predicted molar refractivity (Wildman–Crippen MR) is 85.6 cm³/mol. The lowest BCUT2D eigenvalue weighted by Crippen LogP contribution is -2.39. The van der Waals surface area contributed by atoms with Crippen LogP contribution in [-0.4, -0.2) is 40.2 Å². The Morgan fingerprint density at radius 2 is 1.86 bits per heavy atom. The summed E-state index contributed by atoms with van der Waals surface area (Å²) in [6, 6.07) is 2.09. The van der Waals surface area contributed by atoms with Gasteiger partial charge in [-0.3, -0.25) is 13.9 Å². The minimum Gasteiger partial charge on any atom is -0.311 e. The summed E-state index contributed by atoms with van der Waals surface area (Å²) in [4.78, 5) is 25.7. The van der Waals surface area contributed by atoms with Crippen molar-refractivity contribution in [2.45, 2.75) is 39.3 Å². The zero-order chi connectivity index (χ0) is 16.0. The molecule has 6 nitrogen and oxygen atoms in total. The summed E-state index contributed by atoms with van der Waals surface area (Å²) in [6.07, 6.45) is 2.22. The first-order valence-electron chi connectivity index (χ1n) is 7.51. The van der Waals surface area contributed by atoms with E-state index in [0.29, 0.717) is 12.6 Å². The average molecular weight is 296 g/mol. The van der Waals surface area contributed by atoms with Gasteiger partial charge in [0.25, 0.3) is 5.56 Å². The molecule has 0 aliphatic carbocycles. The highest BCUT2D eigenvalue weighted by Gasteiger charge is 2.05. The molecule has 0 unspecified atom stereocenters. The van der Waals surface area contributed by atoms with Gasteiger partial charge in [-0.1, -0.05) is 0 Å². The molecule has 0 radical (unpaired) electrons. The topological polar surface area (TPSA) is 59.3 Å². The Hall–Kier alpha value is -1.40. The van der Waals surface area contributed by atoms with Crippen LogP contribution in [0.4, 0.5) is 0 Å². The molecule has 1 rings (SSSR count). The van der Waals surface area contributed by atoms with Crippen molar-refractivity contribution in [1.29, 1.82) is 0 Å². The van der Waals surface area contributed by atoms with Gasteiger partial charge in [0.15, 0.2) is 0 Å². The van der Waals surface area contributed by atoms with E-state index in [1.54, 1.807) is 7.05 Å². The van der Waals surface area contributed by atoms with Crippen LogP contribution < -0.4 is 16.6 Å². The maximum absolute atomic E-state index is 11.8. The van der Waals surface area contributed by atoms with E-state index in [0.717, 1.165) is 36.2 Å². The first-order chi connectivity index (χ1) is 9.84. The number of hydrogen-bond donors (Lipinski definition) is 1. The fourth-order valence-corrected chi connectivity index (χ4v) is 2.03. The van der Waals surface area contributed by atoms with Crippen molar-refractivity contribution in [3.05, 3.63) is 32.6 Å². The Morgan fingerprint density at radius 1 is 1.19 bits per heavy atom. The van der Waals surface area contributed by atoms with Gasteiger partial charge in [0, 0.05) is 38.4 Å². The normalized spacial score (nSPS) is 11.6. The molecule has 120 valence electrons. The number of unbranched alkanes of at least 4 members (excludes halogenated alkanes) is 1. The third kappa shape index (κ3) is 5.13. The smallest absolute Gasteiger partial charge is 0.311 e. The molecule has 0 saturated carbocycles. The summed E-state index contributed by atoms with van der Waals surface area (Å²) in [5.74, 6) is 0. The van der Waals surface area contributed by atoms with Gasteiger partial charge in [-0.05, 0) is 46.8 Å². The SMILES string of the molecule is CC(C)N(C)CCCCNCc1cc(=O)n(C)c(=O)n1C. The van der Waals surface area contributed by atoms with Gasteiger partial charge in [0.05, 0.1) is 0 Å². The standard InChI is InChI=1S/C15H28N4O2/c1-12(2)17(3)9-7-6-8-16-11-13-10-14(20)19(5)15(21)18(13)4/h10,12,16H,6-9,11H2,1-5H3. The van der Waals surface area contributed by atoms with Gasteiger partial charge in [-0.15, -0.1) is 0 Å². The Balaban J connectivity index is 2.37. The van der Waals surface area contributed by atoms with Gasteiger partial charge in [0.2, 0.25) is 0 Å². The number of nitrogens with zero attached hydrogens (tertiary/aromatic N) is 3. The quantitative estimate of drug-likeness (QED) is 0.701. The van der Waals surface area contributed by atoms with Crippen molar-refractivity contribution in [3.8, 4) is 0 Å². The van der Waals surface area contributed by atoms with Crippen molar-refractivity contribution >= 4 is 0 Å². The number of hydrogen-bond acceptors (Lipinski definition) is 4. The molecule has 0 spiro atoms. The number of aromatic nitrogens is 2. The van der Waals surface area contributed by atoms with Crippen molar-refractivity contribution in [2.75, 3.05) is 20.1 Å². The van der Waals surface area contributed by atoms with E-state index in [9.17, 15) is 9.59 Å². The molecule has 0 saturated heterocycles. The molecule has 1 N–H and O–H groups in total. The Bertz CT molecular complexity index is 560. The van der Waals surface area contributed by atoms with E-state index in [1.807, 2.05) is 0 Å². The molecule has 0 aliphatic heterocycles. The molecule has 0 fully saturated rings. The molecule has 0 amide bonds.